The van der Waals surface area contributed by atoms with E-state index in [9.17, 15) is 0 Å². The minimum Gasteiger partial charge on any atom is -0.380 e. The first-order valence-corrected chi connectivity index (χ1v) is 6.49. The molecule has 2 unspecified atom stereocenters. The average molecular weight is 213 g/mol. The lowest BCUT2D eigenvalue weighted by Gasteiger charge is -2.27. The van der Waals surface area contributed by atoms with Crippen molar-refractivity contribution in [1.82, 2.24) is 5.32 Å². The van der Waals surface area contributed by atoms with Gasteiger partial charge in [-0.15, -0.1) is 0 Å². The van der Waals surface area contributed by atoms with Gasteiger partial charge in [0.1, 0.15) is 0 Å². The Kier molecular flexibility index (Phi) is 6.26. The summed E-state index contributed by atoms with van der Waals surface area (Å²) in [6.45, 7) is 9.52. The molecule has 0 saturated heterocycles. The van der Waals surface area contributed by atoms with Crippen molar-refractivity contribution >= 4 is 0 Å². The van der Waals surface area contributed by atoms with Gasteiger partial charge in [0.05, 0.1) is 6.61 Å². The second-order valence-electron chi connectivity index (χ2n) is 5.39. The van der Waals surface area contributed by atoms with Gasteiger partial charge in [-0.3, -0.25) is 0 Å². The Morgan fingerprint density at radius 2 is 2.13 bits per heavy atom. The summed E-state index contributed by atoms with van der Waals surface area (Å²) < 4.78 is 5.55. The average Bonchev–Trinajstić information content (AvgIpc) is 2.17. The minimum absolute atomic E-state index is 0.653. The van der Waals surface area contributed by atoms with E-state index in [-0.39, 0.29) is 0 Å². The molecule has 0 amide bonds. The number of hydrogen-bond acceptors (Lipinski definition) is 2. The van der Waals surface area contributed by atoms with E-state index in [2.05, 4.69) is 26.1 Å². The standard InChI is InChI=1S/C13H27NO/c1-11(2)10-15-8-7-14-13-6-4-5-12(3)9-13/h11-14H,4-10H2,1-3H3. The van der Waals surface area contributed by atoms with Gasteiger partial charge in [0.25, 0.3) is 0 Å². The third-order valence-corrected chi connectivity index (χ3v) is 3.07. The van der Waals surface area contributed by atoms with E-state index in [1.807, 2.05) is 0 Å². The van der Waals surface area contributed by atoms with Crippen LogP contribution in [-0.2, 0) is 4.74 Å². The molecule has 1 N–H and O–H groups in total. The number of nitrogens with one attached hydrogen (secondary N) is 1. The summed E-state index contributed by atoms with van der Waals surface area (Å²) in [4.78, 5) is 0. The minimum atomic E-state index is 0.653. The van der Waals surface area contributed by atoms with Crippen LogP contribution in [0.3, 0.4) is 0 Å². The van der Waals surface area contributed by atoms with Gasteiger partial charge in [-0.05, 0) is 24.7 Å². The van der Waals surface area contributed by atoms with Crippen LogP contribution in [0, 0.1) is 11.8 Å². The highest BCUT2D eigenvalue weighted by Crippen LogP contribution is 2.23. The molecule has 0 aromatic carbocycles. The molecule has 15 heavy (non-hydrogen) atoms. The van der Waals surface area contributed by atoms with Crippen LogP contribution in [0.2, 0.25) is 0 Å². The van der Waals surface area contributed by atoms with Crippen molar-refractivity contribution in [3.8, 4) is 0 Å². The summed E-state index contributed by atoms with van der Waals surface area (Å²) in [5.74, 6) is 1.56. The van der Waals surface area contributed by atoms with Gasteiger partial charge < -0.3 is 10.1 Å². The highest BCUT2D eigenvalue weighted by atomic mass is 16.5. The summed E-state index contributed by atoms with van der Waals surface area (Å²) in [6, 6.07) is 0.747. The van der Waals surface area contributed by atoms with Crippen LogP contribution >= 0.6 is 0 Å². The van der Waals surface area contributed by atoms with Gasteiger partial charge in [-0.2, -0.15) is 0 Å². The predicted molar refractivity (Wildman–Crippen MR) is 65.1 cm³/mol. The maximum Gasteiger partial charge on any atom is 0.0591 e. The van der Waals surface area contributed by atoms with E-state index in [4.69, 9.17) is 4.74 Å². The molecule has 1 aliphatic carbocycles. The Balaban J connectivity index is 1.95. The Hall–Kier alpha value is -0.0800. The number of ether oxygens (including phenoxy) is 1. The summed E-state index contributed by atoms with van der Waals surface area (Å²) in [6.07, 6.45) is 5.52. The first-order chi connectivity index (χ1) is 7.18. The SMILES string of the molecule is CC(C)COCCNC1CCCC(C)C1. The van der Waals surface area contributed by atoms with E-state index in [0.29, 0.717) is 5.92 Å². The van der Waals surface area contributed by atoms with Crippen LogP contribution in [0.5, 0.6) is 0 Å². The summed E-state index contributed by atoms with van der Waals surface area (Å²) in [5, 5.41) is 3.60. The molecule has 2 heteroatoms. The van der Waals surface area contributed by atoms with Crippen LogP contribution in [0.15, 0.2) is 0 Å². The van der Waals surface area contributed by atoms with Gasteiger partial charge in [0.2, 0.25) is 0 Å². The van der Waals surface area contributed by atoms with Crippen molar-refractivity contribution in [2.45, 2.75) is 52.5 Å². The highest BCUT2D eigenvalue weighted by molar-refractivity contribution is 4.75. The normalized spacial score (nSPS) is 27.2. The monoisotopic (exact) mass is 213 g/mol. The predicted octanol–water partition coefficient (Wildman–Crippen LogP) is 2.83. The first-order valence-electron chi connectivity index (χ1n) is 6.49. The topological polar surface area (TPSA) is 21.3 Å². The van der Waals surface area contributed by atoms with Crippen LogP contribution in [0.1, 0.15) is 46.5 Å². The molecule has 2 nitrogen and oxygen atoms in total. The molecule has 0 aromatic rings. The molecule has 0 spiro atoms. The largest absolute Gasteiger partial charge is 0.380 e. The fourth-order valence-electron chi connectivity index (χ4n) is 2.27. The van der Waals surface area contributed by atoms with E-state index in [1.165, 1.54) is 25.7 Å². The zero-order chi connectivity index (χ0) is 11.1. The lowest BCUT2D eigenvalue weighted by molar-refractivity contribution is 0.108. The Labute approximate surface area is 94.8 Å². The molecule has 1 fully saturated rings. The smallest absolute Gasteiger partial charge is 0.0591 e. The quantitative estimate of drug-likeness (QED) is 0.685. The van der Waals surface area contributed by atoms with Crippen LogP contribution in [0.4, 0.5) is 0 Å². The molecule has 90 valence electrons. The van der Waals surface area contributed by atoms with Crippen LogP contribution < -0.4 is 5.32 Å². The summed E-state index contributed by atoms with van der Waals surface area (Å²) >= 11 is 0. The zero-order valence-corrected chi connectivity index (χ0v) is 10.6. The molecule has 0 heterocycles. The van der Waals surface area contributed by atoms with E-state index >= 15 is 0 Å². The second-order valence-corrected chi connectivity index (χ2v) is 5.39. The van der Waals surface area contributed by atoms with Crippen molar-refractivity contribution in [2.24, 2.45) is 11.8 Å². The van der Waals surface area contributed by atoms with Crippen molar-refractivity contribution in [2.75, 3.05) is 19.8 Å². The van der Waals surface area contributed by atoms with Gasteiger partial charge in [0.15, 0.2) is 0 Å². The molecule has 0 aromatic heterocycles. The number of rotatable bonds is 6. The molecule has 0 aliphatic heterocycles. The maximum absolute atomic E-state index is 5.55. The molecule has 1 saturated carbocycles. The fourth-order valence-corrected chi connectivity index (χ4v) is 2.27. The van der Waals surface area contributed by atoms with E-state index in [0.717, 1.165) is 31.7 Å². The molecular formula is C13H27NO. The van der Waals surface area contributed by atoms with Crippen molar-refractivity contribution in [1.29, 1.82) is 0 Å². The Morgan fingerprint density at radius 3 is 2.80 bits per heavy atom. The van der Waals surface area contributed by atoms with Gasteiger partial charge in [0, 0.05) is 19.2 Å². The molecule has 0 radical (unpaired) electrons. The lowest BCUT2D eigenvalue weighted by atomic mass is 9.87. The van der Waals surface area contributed by atoms with E-state index < -0.39 is 0 Å². The zero-order valence-electron chi connectivity index (χ0n) is 10.6. The third kappa shape index (κ3) is 6.16. The molecule has 1 rings (SSSR count). The van der Waals surface area contributed by atoms with Crippen molar-refractivity contribution in [3.05, 3.63) is 0 Å². The lowest BCUT2D eigenvalue weighted by Crippen LogP contribution is -2.35. The first kappa shape index (κ1) is 13.0. The third-order valence-electron chi connectivity index (χ3n) is 3.07. The van der Waals surface area contributed by atoms with Gasteiger partial charge in [-0.25, -0.2) is 0 Å². The molecule has 2 atom stereocenters. The molecule has 1 aliphatic rings. The highest BCUT2D eigenvalue weighted by Gasteiger charge is 2.17. The fraction of sp³-hybridized carbons (Fsp3) is 1.00. The maximum atomic E-state index is 5.55. The van der Waals surface area contributed by atoms with Crippen molar-refractivity contribution in [3.63, 3.8) is 0 Å². The van der Waals surface area contributed by atoms with E-state index in [1.54, 1.807) is 0 Å². The number of hydrogen-bond donors (Lipinski definition) is 1. The van der Waals surface area contributed by atoms with Gasteiger partial charge >= 0.3 is 0 Å². The van der Waals surface area contributed by atoms with Crippen LogP contribution in [0.25, 0.3) is 0 Å². The van der Waals surface area contributed by atoms with Gasteiger partial charge in [-0.1, -0.05) is 33.6 Å². The summed E-state index contributed by atoms with van der Waals surface area (Å²) in [7, 11) is 0. The second kappa shape index (κ2) is 7.24. The van der Waals surface area contributed by atoms with Crippen LogP contribution in [-0.4, -0.2) is 25.8 Å². The Morgan fingerprint density at radius 1 is 1.33 bits per heavy atom. The molecule has 0 bridgehead atoms. The van der Waals surface area contributed by atoms with Crippen molar-refractivity contribution < 1.29 is 4.74 Å². The Bertz CT molecular complexity index is 159. The molecular weight excluding hydrogens is 186 g/mol. The summed E-state index contributed by atoms with van der Waals surface area (Å²) in [5.41, 5.74) is 0.